The molecule has 0 aliphatic carbocycles. The number of carbonyl (C=O) groups excluding carboxylic acids is 1. The van der Waals surface area contributed by atoms with Gasteiger partial charge in [-0.15, -0.1) is 0 Å². The number of aromatic amines is 3. The van der Waals surface area contributed by atoms with E-state index in [1.165, 1.54) is 6.20 Å². The third-order valence-corrected chi connectivity index (χ3v) is 3.10. The Hall–Kier alpha value is -3.09. The highest BCUT2D eigenvalue weighted by molar-refractivity contribution is 5.92. The molecule has 7 nitrogen and oxygen atoms in total. The molecular formula is C14H12N4O3. The zero-order chi connectivity index (χ0) is 14.8. The van der Waals surface area contributed by atoms with Gasteiger partial charge in [-0.2, -0.15) is 0 Å². The second-order valence-electron chi connectivity index (χ2n) is 4.59. The Morgan fingerprint density at radius 2 is 1.95 bits per heavy atom. The van der Waals surface area contributed by atoms with Gasteiger partial charge in [0.15, 0.2) is 0 Å². The van der Waals surface area contributed by atoms with Crippen LogP contribution in [0.15, 0.2) is 46.1 Å². The molecule has 2 heterocycles. The lowest BCUT2D eigenvalue weighted by Gasteiger charge is -2.03. The highest BCUT2D eigenvalue weighted by atomic mass is 16.2. The van der Waals surface area contributed by atoms with Crippen LogP contribution in [0.4, 0.5) is 5.69 Å². The van der Waals surface area contributed by atoms with E-state index >= 15 is 0 Å². The van der Waals surface area contributed by atoms with E-state index in [2.05, 4.69) is 20.5 Å². The summed E-state index contributed by atoms with van der Waals surface area (Å²) in [5.74, 6) is -0.430. The lowest BCUT2D eigenvalue weighted by molar-refractivity contribution is -0.115. The van der Waals surface area contributed by atoms with Crippen molar-refractivity contribution in [1.82, 2.24) is 15.2 Å². The fraction of sp³-hybridized carbons (Fsp3) is 0.0714. The summed E-state index contributed by atoms with van der Waals surface area (Å²) >= 11 is 0. The molecule has 0 atom stereocenters. The van der Waals surface area contributed by atoms with Crippen LogP contribution >= 0.6 is 0 Å². The predicted octanol–water partition coefficient (Wildman–Crippen LogP) is 0.726. The Bertz CT molecular complexity index is 919. The van der Waals surface area contributed by atoms with E-state index in [0.717, 1.165) is 5.39 Å². The quantitative estimate of drug-likeness (QED) is 0.569. The second kappa shape index (κ2) is 5.12. The van der Waals surface area contributed by atoms with E-state index in [-0.39, 0.29) is 17.7 Å². The van der Waals surface area contributed by atoms with E-state index in [4.69, 9.17) is 0 Å². The van der Waals surface area contributed by atoms with Gasteiger partial charge >= 0.3 is 0 Å². The van der Waals surface area contributed by atoms with Gasteiger partial charge in [-0.05, 0) is 17.5 Å². The summed E-state index contributed by atoms with van der Waals surface area (Å²) in [6, 6.07) is 8.99. The molecule has 0 saturated heterocycles. The number of rotatable bonds is 3. The number of benzene rings is 1. The minimum absolute atomic E-state index is 0.106. The minimum atomic E-state index is -0.430. The van der Waals surface area contributed by atoms with Gasteiger partial charge < -0.3 is 15.4 Å². The molecule has 1 aromatic carbocycles. The fourth-order valence-electron chi connectivity index (χ4n) is 2.09. The largest absolute Gasteiger partial charge is 0.322 e. The molecule has 7 heteroatoms. The normalized spacial score (nSPS) is 10.7. The monoisotopic (exact) mass is 284 g/mol. The number of fused-ring (bicyclic) bond motifs is 1. The Morgan fingerprint density at radius 3 is 2.71 bits per heavy atom. The summed E-state index contributed by atoms with van der Waals surface area (Å²) in [5, 5.41) is 8.09. The van der Waals surface area contributed by atoms with Crippen molar-refractivity contribution in [3.63, 3.8) is 0 Å². The summed E-state index contributed by atoms with van der Waals surface area (Å²) in [6.07, 6.45) is 1.25. The van der Waals surface area contributed by atoms with Crippen molar-refractivity contribution in [1.29, 1.82) is 0 Å². The third-order valence-electron chi connectivity index (χ3n) is 3.10. The number of H-pyrrole nitrogens is 3. The topological polar surface area (TPSA) is 111 Å². The average Bonchev–Trinajstić information content (AvgIpc) is 2.85. The molecule has 1 amide bonds. The zero-order valence-corrected chi connectivity index (χ0v) is 10.9. The van der Waals surface area contributed by atoms with Crippen molar-refractivity contribution in [2.24, 2.45) is 0 Å². The van der Waals surface area contributed by atoms with Crippen molar-refractivity contribution in [3.8, 4) is 0 Å². The van der Waals surface area contributed by atoms with Crippen LogP contribution in [0, 0.1) is 0 Å². The summed E-state index contributed by atoms with van der Waals surface area (Å²) in [4.78, 5) is 37.8. The van der Waals surface area contributed by atoms with E-state index in [1.807, 2.05) is 18.2 Å². The first kappa shape index (κ1) is 12.9. The molecule has 0 aliphatic rings. The maximum absolute atomic E-state index is 11.9. The van der Waals surface area contributed by atoms with E-state index in [0.29, 0.717) is 11.1 Å². The summed E-state index contributed by atoms with van der Waals surface area (Å²) < 4.78 is 0. The van der Waals surface area contributed by atoms with Gasteiger partial charge in [-0.1, -0.05) is 18.2 Å². The smallest absolute Gasteiger partial charge is 0.287 e. The molecule has 21 heavy (non-hydrogen) atoms. The Morgan fingerprint density at radius 1 is 1.14 bits per heavy atom. The number of carbonyl (C=O) groups is 1. The highest BCUT2D eigenvalue weighted by Crippen LogP contribution is 2.10. The minimum Gasteiger partial charge on any atom is -0.322 e. The summed E-state index contributed by atoms with van der Waals surface area (Å²) in [6.45, 7) is 0. The van der Waals surface area contributed by atoms with Gasteiger partial charge in [0.2, 0.25) is 5.91 Å². The molecule has 0 saturated carbocycles. The molecule has 0 spiro atoms. The number of pyridine rings is 1. The van der Waals surface area contributed by atoms with Crippen LogP contribution in [0.2, 0.25) is 0 Å². The number of aromatic nitrogens is 3. The number of hydrogen-bond acceptors (Lipinski definition) is 3. The maximum atomic E-state index is 11.9. The summed E-state index contributed by atoms with van der Waals surface area (Å²) in [7, 11) is 0. The predicted molar refractivity (Wildman–Crippen MR) is 78.3 cm³/mol. The van der Waals surface area contributed by atoms with Crippen molar-refractivity contribution in [2.75, 3.05) is 5.32 Å². The Balaban J connectivity index is 1.86. The first-order valence-electron chi connectivity index (χ1n) is 6.30. The van der Waals surface area contributed by atoms with Crippen LogP contribution in [-0.2, 0) is 11.2 Å². The van der Waals surface area contributed by atoms with Crippen LogP contribution < -0.4 is 16.4 Å². The summed E-state index contributed by atoms with van der Waals surface area (Å²) in [5.41, 5.74) is 0.451. The molecule has 3 aromatic rings. The average molecular weight is 284 g/mol. The molecule has 0 radical (unpaired) electrons. The number of nitrogens with one attached hydrogen (secondary N) is 4. The Labute approximate surface area is 118 Å². The van der Waals surface area contributed by atoms with Crippen molar-refractivity contribution >= 4 is 22.5 Å². The van der Waals surface area contributed by atoms with Gasteiger partial charge in [-0.25, -0.2) is 0 Å². The molecule has 4 N–H and O–H groups in total. The second-order valence-corrected chi connectivity index (χ2v) is 4.59. The molecule has 2 aromatic heterocycles. The zero-order valence-electron chi connectivity index (χ0n) is 10.9. The fourth-order valence-corrected chi connectivity index (χ4v) is 2.09. The third kappa shape index (κ3) is 2.62. The van der Waals surface area contributed by atoms with Gasteiger partial charge in [0.1, 0.15) is 5.69 Å². The molecule has 0 unspecified atom stereocenters. The van der Waals surface area contributed by atoms with Crippen molar-refractivity contribution < 1.29 is 4.79 Å². The van der Waals surface area contributed by atoms with Gasteiger partial charge in [-0.3, -0.25) is 19.5 Å². The maximum Gasteiger partial charge on any atom is 0.287 e. The molecule has 0 fully saturated rings. The van der Waals surface area contributed by atoms with E-state index in [1.54, 1.807) is 12.1 Å². The van der Waals surface area contributed by atoms with Crippen LogP contribution in [0.25, 0.3) is 10.9 Å². The van der Waals surface area contributed by atoms with Gasteiger partial charge in [0.05, 0.1) is 6.42 Å². The standard InChI is InChI=1S/C14H12N4O3/c19-12(16-11-7-15-18-14(11)21)6-9-5-8-3-1-2-4-10(8)17-13(9)20/h1-5,7H,6H2,(H,16,19)(H,17,20)(H2,15,18,21). The number of amides is 1. The van der Waals surface area contributed by atoms with E-state index in [9.17, 15) is 14.4 Å². The first-order valence-corrected chi connectivity index (χ1v) is 6.30. The molecule has 0 bridgehead atoms. The first-order chi connectivity index (χ1) is 10.1. The van der Waals surface area contributed by atoms with Crippen molar-refractivity contribution in [3.05, 3.63) is 62.8 Å². The van der Waals surface area contributed by atoms with Crippen LogP contribution in [0.5, 0.6) is 0 Å². The molecule has 106 valence electrons. The Kier molecular flexibility index (Phi) is 3.15. The lowest BCUT2D eigenvalue weighted by Crippen LogP contribution is -2.23. The van der Waals surface area contributed by atoms with Crippen LogP contribution in [0.3, 0.4) is 0 Å². The van der Waals surface area contributed by atoms with Gasteiger partial charge in [0.25, 0.3) is 11.1 Å². The number of para-hydroxylation sites is 1. The SMILES string of the molecule is O=C(Cc1cc2ccccc2[nH]c1=O)Nc1c[nH][nH]c1=O. The molecular weight excluding hydrogens is 272 g/mol. The lowest BCUT2D eigenvalue weighted by atomic mass is 10.1. The molecule has 0 aliphatic heterocycles. The number of hydrogen-bond donors (Lipinski definition) is 4. The van der Waals surface area contributed by atoms with Crippen LogP contribution in [0.1, 0.15) is 5.56 Å². The highest BCUT2D eigenvalue weighted by Gasteiger charge is 2.10. The van der Waals surface area contributed by atoms with Crippen LogP contribution in [-0.4, -0.2) is 21.1 Å². The van der Waals surface area contributed by atoms with Crippen molar-refractivity contribution in [2.45, 2.75) is 6.42 Å². The van der Waals surface area contributed by atoms with Gasteiger partial charge in [0, 0.05) is 17.3 Å². The van der Waals surface area contributed by atoms with E-state index < -0.39 is 11.5 Å². The molecule has 3 rings (SSSR count). The number of anilines is 1.